The van der Waals surface area contributed by atoms with Crippen molar-refractivity contribution < 1.29 is 9.47 Å². The lowest BCUT2D eigenvalue weighted by molar-refractivity contribution is 0.284. The van der Waals surface area contributed by atoms with Crippen LogP contribution in [0.5, 0.6) is 11.5 Å². The molecule has 1 aliphatic rings. The smallest absolute Gasteiger partial charge is 0.206 e. The van der Waals surface area contributed by atoms with Crippen LogP contribution in [0.3, 0.4) is 0 Å². The molecule has 6 nitrogen and oxygen atoms in total. The molecule has 3 aromatic rings. The van der Waals surface area contributed by atoms with Gasteiger partial charge in [0.2, 0.25) is 5.95 Å². The molecule has 1 fully saturated rings. The molecule has 1 aliphatic heterocycles. The normalized spacial score (nSPS) is 15.0. The quantitative estimate of drug-likeness (QED) is 0.593. The Hall–Kier alpha value is -2.73. The second-order valence-electron chi connectivity index (χ2n) is 7.59. The number of benzene rings is 2. The third-order valence-electron chi connectivity index (χ3n) is 5.70. The summed E-state index contributed by atoms with van der Waals surface area (Å²) in [6.45, 7) is 4.62. The summed E-state index contributed by atoms with van der Waals surface area (Å²) in [5.74, 6) is 3.37. The lowest BCUT2D eigenvalue weighted by atomic mass is 9.97. The first kappa shape index (κ1) is 19.6. The zero-order valence-corrected chi connectivity index (χ0v) is 17.3. The van der Waals surface area contributed by atoms with E-state index in [1.165, 1.54) is 18.4 Å². The van der Waals surface area contributed by atoms with Gasteiger partial charge in [-0.1, -0.05) is 24.3 Å². The number of nitrogens with zero attached hydrogens (tertiary/aromatic N) is 3. The predicted molar refractivity (Wildman–Crippen MR) is 117 cm³/mol. The zero-order valence-electron chi connectivity index (χ0n) is 17.3. The lowest BCUT2D eigenvalue weighted by Crippen LogP contribution is -2.39. The summed E-state index contributed by atoms with van der Waals surface area (Å²) in [7, 11) is 3.78. The third kappa shape index (κ3) is 4.48. The Labute approximate surface area is 172 Å². The minimum absolute atomic E-state index is 0.638. The van der Waals surface area contributed by atoms with Gasteiger partial charge in [-0.25, -0.2) is 4.98 Å². The van der Waals surface area contributed by atoms with Gasteiger partial charge in [-0.2, -0.15) is 0 Å². The van der Waals surface area contributed by atoms with E-state index in [-0.39, 0.29) is 0 Å². The van der Waals surface area contributed by atoms with Gasteiger partial charge in [-0.15, -0.1) is 0 Å². The van der Waals surface area contributed by atoms with Gasteiger partial charge in [0.25, 0.3) is 0 Å². The number of imidazole rings is 1. The topological polar surface area (TPSA) is 51.6 Å². The van der Waals surface area contributed by atoms with E-state index in [0.717, 1.165) is 49.1 Å². The highest BCUT2D eigenvalue weighted by molar-refractivity contribution is 5.78. The van der Waals surface area contributed by atoms with Gasteiger partial charge in [0, 0.05) is 26.7 Å². The SMILES string of the molecule is COc1ccccc1OCCNCC1CCN(c2nc3ccccc3n2C)CC1. The minimum Gasteiger partial charge on any atom is -0.493 e. The number of aryl methyl sites for hydroxylation is 1. The maximum Gasteiger partial charge on any atom is 0.206 e. The first-order chi connectivity index (χ1) is 14.3. The number of ether oxygens (including phenoxy) is 2. The number of hydrogen-bond acceptors (Lipinski definition) is 5. The molecule has 0 atom stereocenters. The largest absolute Gasteiger partial charge is 0.493 e. The van der Waals surface area contributed by atoms with Crippen molar-refractivity contribution in [2.45, 2.75) is 12.8 Å². The van der Waals surface area contributed by atoms with Crippen molar-refractivity contribution in [3.05, 3.63) is 48.5 Å². The molecule has 0 radical (unpaired) electrons. The highest BCUT2D eigenvalue weighted by atomic mass is 16.5. The molecule has 2 heterocycles. The van der Waals surface area contributed by atoms with Crippen molar-refractivity contribution in [3.63, 3.8) is 0 Å². The maximum absolute atomic E-state index is 5.83. The summed E-state index contributed by atoms with van der Waals surface area (Å²) in [4.78, 5) is 7.25. The van der Waals surface area contributed by atoms with Crippen molar-refractivity contribution in [2.75, 3.05) is 44.8 Å². The van der Waals surface area contributed by atoms with Gasteiger partial charge in [0.15, 0.2) is 11.5 Å². The number of para-hydroxylation sites is 4. The first-order valence-electron chi connectivity index (χ1n) is 10.4. The number of fused-ring (bicyclic) bond motifs is 1. The molecular formula is C23H30N4O2. The molecule has 1 aromatic heterocycles. The summed E-state index contributed by atoms with van der Waals surface area (Å²) >= 11 is 0. The fraction of sp³-hybridized carbons (Fsp3) is 0.435. The summed E-state index contributed by atoms with van der Waals surface area (Å²) in [6, 6.07) is 16.1. The van der Waals surface area contributed by atoms with E-state index in [4.69, 9.17) is 14.5 Å². The monoisotopic (exact) mass is 394 g/mol. The number of rotatable bonds is 8. The molecular weight excluding hydrogens is 364 g/mol. The standard InChI is InChI=1S/C23H30N4O2/c1-26-20-8-4-3-7-19(20)25-23(26)27-14-11-18(12-15-27)17-24-13-16-29-22-10-6-5-9-21(22)28-2/h3-10,18,24H,11-17H2,1-2H3. The van der Waals surface area contributed by atoms with Crippen LogP contribution in [0.1, 0.15) is 12.8 Å². The Bertz CT molecular complexity index is 932. The van der Waals surface area contributed by atoms with E-state index in [0.29, 0.717) is 12.5 Å². The average molecular weight is 395 g/mol. The number of piperidine rings is 1. The van der Waals surface area contributed by atoms with Crippen molar-refractivity contribution >= 4 is 17.0 Å². The van der Waals surface area contributed by atoms with Crippen LogP contribution in [0, 0.1) is 5.92 Å². The Morgan fingerprint density at radius 3 is 2.52 bits per heavy atom. The Morgan fingerprint density at radius 1 is 1.03 bits per heavy atom. The summed E-state index contributed by atoms with van der Waals surface area (Å²) < 4.78 is 13.4. The molecule has 6 heteroatoms. The molecule has 4 rings (SSSR count). The maximum atomic E-state index is 5.83. The lowest BCUT2D eigenvalue weighted by Gasteiger charge is -2.32. The van der Waals surface area contributed by atoms with Crippen molar-refractivity contribution in [3.8, 4) is 11.5 Å². The molecule has 0 spiro atoms. The van der Waals surface area contributed by atoms with Gasteiger partial charge < -0.3 is 24.3 Å². The summed E-state index contributed by atoms with van der Waals surface area (Å²) in [5, 5.41) is 3.55. The van der Waals surface area contributed by atoms with Crippen LogP contribution in [-0.2, 0) is 7.05 Å². The van der Waals surface area contributed by atoms with E-state index in [2.05, 4.69) is 46.1 Å². The van der Waals surface area contributed by atoms with Crippen molar-refractivity contribution in [2.24, 2.45) is 13.0 Å². The zero-order chi connectivity index (χ0) is 20.1. The minimum atomic E-state index is 0.638. The van der Waals surface area contributed by atoms with Gasteiger partial charge in [-0.3, -0.25) is 0 Å². The average Bonchev–Trinajstić information content (AvgIpc) is 3.11. The highest BCUT2D eigenvalue weighted by Gasteiger charge is 2.22. The summed E-state index contributed by atoms with van der Waals surface area (Å²) in [5.41, 5.74) is 2.27. The van der Waals surface area contributed by atoms with E-state index < -0.39 is 0 Å². The van der Waals surface area contributed by atoms with Gasteiger partial charge in [0.05, 0.1) is 18.1 Å². The van der Waals surface area contributed by atoms with E-state index in [1.54, 1.807) is 7.11 Å². The Balaban J connectivity index is 1.20. The Kier molecular flexibility index (Phi) is 6.20. The molecule has 0 unspecified atom stereocenters. The molecule has 1 saturated heterocycles. The molecule has 1 N–H and O–H groups in total. The van der Waals surface area contributed by atoms with Crippen LogP contribution < -0.4 is 19.7 Å². The number of aromatic nitrogens is 2. The molecule has 29 heavy (non-hydrogen) atoms. The van der Waals surface area contributed by atoms with Crippen molar-refractivity contribution in [1.29, 1.82) is 0 Å². The summed E-state index contributed by atoms with van der Waals surface area (Å²) in [6.07, 6.45) is 2.37. The predicted octanol–water partition coefficient (Wildman–Crippen LogP) is 3.47. The van der Waals surface area contributed by atoms with Crippen LogP contribution in [0.2, 0.25) is 0 Å². The van der Waals surface area contributed by atoms with E-state index in [9.17, 15) is 0 Å². The van der Waals surface area contributed by atoms with Crippen molar-refractivity contribution in [1.82, 2.24) is 14.9 Å². The molecule has 0 saturated carbocycles. The second kappa shape index (κ2) is 9.18. The van der Waals surface area contributed by atoms with E-state index in [1.807, 2.05) is 24.3 Å². The number of methoxy groups -OCH3 is 1. The number of anilines is 1. The Morgan fingerprint density at radius 2 is 1.76 bits per heavy atom. The fourth-order valence-electron chi connectivity index (χ4n) is 4.03. The highest BCUT2D eigenvalue weighted by Crippen LogP contribution is 2.26. The molecule has 154 valence electrons. The second-order valence-corrected chi connectivity index (χ2v) is 7.59. The molecule has 0 bridgehead atoms. The third-order valence-corrected chi connectivity index (χ3v) is 5.70. The fourth-order valence-corrected chi connectivity index (χ4v) is 4.03. The number of hydrogen-bond donors (Lipinski definition) is 1. The van der Waals surface area contributed by atoms with Gasteiger partial charge >= 0.3 is 0 Å². The van der Waals surface area contributed by atoms with Gasteiger partial charge in [-0.05, 0) is 49.6 Å². The van der Waals surface area contributed by atoms with Crippen LogP contribution >= 0.6 is 0 Å². The molecule has 2 aromatic carbocycles. The number of nitrogens with one attached hydrogen (secondary N) is 1. The van der Waals surface area contributed by atoms with Crippen LogP contribution in [0.25, 0.3) is 11.0 Å². The first-order valence-corrected chi connectivity index (χ1v) is 10.4. The van der Waals surface area contributed by atoms with Gasteiger partial charge in [0.1, 0.15) is 6.61 Å². The molecule has 0 aliphatic carbocycles. The van der Waals surface area contributed by atoms with E-state index >= 15 is 0 Å². The van der Waals surface area contributed by atoms with Crippen LogP contribution in [0.15, 0.2) is 48.5 Å². The molecule has 0 amide bonds. The van der Waals surface area contributed by atoms with Crippen LogP contribution in [0.4, 0.5) is 5.95 Å². The van der Waals surface area contributed by atoms with Crippen LogP contribution in [-0.4, -0.2) is 49.4 Å².